The van der Waals surface area contributed by atoms with E-state index in [4.69, 9.17) is 10.5 Å². The number of amides is 1. The average Bonchev–Trinajstić information content (AvgIpc) is 2.61. The van der Waals surface area contributed by atoms with E-state index in [-0.39, 0.29) is 11.9 Å². The van der Waals surface area contributed by atoms with Gasteiger partial charge < -0.3 is 15.4 Å². The summed E-state index contributed by atoms with van der Waals surface area (Å²) in [6, 6.07) is 0.232. The number of ether oxygens (including phenoxy) is 1. The molecule has 1 saturated heterocycles. The zero-order chi connectivity index (χ0) is 12.1. The topological polar surface area (TPSA) is 55.6 Å². The van der Waals surface area contributed by atoms with Crippen LogP contribution in [0.3, 0.4) is 0 Å². The van der Waals surface area contributed by atoms with Crippen LogP contribution >= 0.6 is 0 Å². The summed E-state index contributed by atoms with van der Waals surface area (Å²) in [5.74, 6) is 0.679. The number of hydrogen-bond donors (Lipinski definition) is 1. The normalized spacial score (nSPS) is 31.0. The van der Waals surface area contributed by atoms with Gasteiger partial charge in [-0.3, -0.25) is 4.79 Å². The lowest BCUT2D eigenvalue weighted by Crippen LogP contribution is -2.39. The van der Waals surface area contributed by atoms with Crippen molar-refractivity contribution < 1.29 is 9.53 Å². The Morgan fingerprint density at radius 3 is 2.82 bits per heavy atom. The summed E-state index contributed by atoms with van der Waals surface area (Å²) in [5.41, 5.74) is 6.09. The predicted octanol–water partition coefficient (Wildman–Crippen LogP) is 1.14. The lowest BCUT2D eigenvalue weighted by molar-refractivity contribution is -0.132. The fourth-order valence-electron chi connectivity index (χ4n) is 2.84. The highest BCUT2D eigenvalue weighted by Gasteiger charge is 2.26. The largest absolute Gasteiger partial charge is 0.380 e. The molecule has 2 aliphatic rings. The highest BCUT2D eigenvalue weighted by atomic mass is 16.5. The molecule has 0 aromatic heterocycles. The minimum atomic E-state index is 0.232. The summed E-state index contributed by atoms with van der Waals surface area (Å²) in [6.45, 7) is 3.07. The van der Waals surface area contributed by atoms with Crippen molar-refractivity contribution in [1.82, 2.24) is 4.90 Å². The van der Waals surface area contributed by atoms with Crippen LogP contribution in [-0.4, -0.2) is 43.2 Å². The molecule has 2 N–H and O–H groups in total. The van der Waals surface area contributed by atoms with Gasteiger partial charge in [0.15, 0.2) is 0 Å². The smallest absolute Gasteiger partial charge is 0.222 e. The molecule has 2 fully saturated rings. The van der Waals surface area contributed by atoms with Gasteiger partial charge in [-0.25, -0.2) is 0 Å². The predicted molar refractivity (Wildman–Crippen MR) is 66.6 cm³/mol. The molecule has 2 rings (SSSR count). The van der Waals surface area contributed by atoms with E-state index in [1.807, 2.05) is 4.90 Å². The highest BCUT2D eigenvalue weighted by molar-refractivity contribution is 5.76. The molecule has 2 atom stereocenters. The van der Waals surface area contributed by atoms with Crippen molar-refractivity contribution in [3.63, 3.8) is 0 Å². The van der Waals surface area contributed by atoms with Gasteiger partial charge in [-0.05, 0) is 25.2 Å². The first-order valence-corrected chi connectivity index (χ1v) is 6.88. The summed E-state index contributed by atoms with van der Waals surface area (Å²) in [5, 5.41) is 0. The second kappa shape index (κ2) is 6.36. The Labute approximate surface area is 103 Å². The van der Waals surface area contributed by atoms with E-state index in [9.17, 15) is 4.79 Å². The van der Waals surface area contributed by atoms with E-state index in [0.717, 1.165) is 39.0 Å². The van der Waals surface area contributed by atoms with E-state index in [0.29, 0.717) is 18.9 Å². The zero-order valence-electron chi connectivity index (χ0n) is 10.6. The van der Waals surface area contributed by atoms with Crippen LogP contribution in [0.25, 0.3) is 0 Å². The zero-order valence-corrected chi connectivity index (χ0v) is 10.6. The van der Waals surface area contributed by atoms with E-state index < -0.39 is 0 Å². The van der Waals surface area contributed by atoms with Crippen LogP contribution in [0, 0.1) is 5.92 Å². The fraction of sp³-hybridized carbons (Fsp3) is 0.923. The minimum Gasteiger partial charge on any atom is -0.380 e. The molecule has 0 spiro atoms. The first kappa shape index (κ1) is 12.8. The quantitative estimate of drug-likeness (QED) is 0.787. The maximum Gasteiger partial charge on any atom is 0.222 e. The molecular formula is C13H24N2O2. The number of nitrogens with zero attached hydrogens (tertiary/aromatic N) is 1. The van der Waals surface area contributed by atoms with Gasteiger partial charge in [0.05, 0.1) is 6.61 Å². The molecule has 0 radical (unpaired) electrons. The molecule has 1 saturated carbocycles. The second-order valence-corrected chi connectivity index (χ2v) is 5.26. The maximum absolute atomic E-state index is 12.2. The molecule has 1 aliphatic carbocycles. The molecule has 0 aromatic carbocycles. The van der Waals surface area contributed by atoms with Crippen molar-refractivity contribution in [3.05, 3.63) is 0 Å². The number of hydrogen-bond acceptors (Lipinski definition) is 3. The van der Waals surface area contributed by atoms with Crippen LogP contribution in [0.4, 0.5) is 0 Å². The van der Waals surface area contributed by atoms with E-state index in [2.05, 4.69) is 0 Å². The maximum atomic E-state index is 12.2. The molecule has 17 heavy (non-hydrogen) atoms. The average molecular weight is 240 g/mol. The van der Waals surface area contributed by atoms with Crippen molar-refractivity contribution in [1.29, 1.82) is 0 Å². The first-order chi connectivity index (χ1) is 8.27. The number of carbonyl (C=O) groups excluding carboxylic acids is 1. The van der Waals surface area contributed by atoms with Gasteiger partial charge in [-0.15, -0.1) is 0 Å². The van der Waals surface area contributed by atoms with Crippen molar-refractivity contribution in [3.8, 4) is 0 Å². The van der Waals surface area contributed by atoms with E-state index in [1.165, 1.54) is 12.8 Å². The lowest BCUT2D eigenvalue weighted by atomic mass is 9.83. The Balaban J connectivity index is 1.82. The molecule has 2 unspecified atom stereocenters. The van der Waals surface area contributed by atoms with Crippen LogP contribution < -0.4 is 5.73 Å². The third kappa shape index (κ3) is 3.68. The van der Waals surface area contributed by atoms with Crippen molar-refractivity contribution in [2.75, 3.05) is 26.3 Å². The molecule has 0 aromatic rings. The van der Waals surface area contributed by atoms with Gasteiger partial charge in [0, 0.05) is 32.2 Å². The summed E-state index contributed by atoms with van der Waals surface area (Å²) in [4.78, 5) is 14.1. The summed E-state index contributed by atoms with van der Waals surface area (Å²) in [7, 11) is 0. The van der Waals surface area contributed by atoms with Crippen LogP contribution in [0.5, 0.6) is 0 Å². The molecule has 4 heteroatoms. The number of rotatable bonds is 2. The molecular weight excluding hydrogens is 216 g/mol. The minimum absolute atomic E-state index is 0.232. The molecule has 0 bridgehead atoms. The molecule has 4 nitrogen and oxygen atoms in total. The summed E-state index contributed by atoms with van der Waals surface area (Å²) >= 11 is 0. The Kier molecular flexibility index (Phi) is 4.80. The van der Waals surface area contributed by atoms with Crippen LogP contribution in [-0.2, 0) is 9.53 Å². The molecule has 1 amide bonds. The van der Waals surface area contributed by atoms with Crippen molar-refractivity contribution in [2.45, 2.75) is 44.6 Å². The van der Waals surface area contributed by atoms with Crippen molar-refractivity contribution >= 4 is 5.91 Å². The van der Waals surface area contributed by atoms with Crippen LogP contribution in [0.2, 0.25) is 0 Å². The summed E-state index contributed by atoms with van der Waals surface area (Å²) in [6.07, 6.45) is 6.26. The molecule has 1 heterocycles. The third-order valence-corrected chi connectivity index (χ3v) is 3.98. The number of nitrogens with two attached hydrogens (primary N) is 1. The van der Waals surface area contributed by atoms with Crippen molar-refractivity contribution in [2.24, 2.45) is 11.7 Å². The standard InChI is InChI=1S/C13H24N2O2/c14-12-5-2-1-4-11(12)10-13(16)15-6-3-8-17-9-7-15/h11-12H,1-10,14H2. The van der Waals surface area contributed by atoms with Gasteiger partial charge in [-0.2, -0.15) is 0 Å². The van der Waals surface area contributed by atoms with Crippen LogP contribution in [0.1, 0.15) is 38.5 Å². The van der Waals surface area contributed by atoms with Crippen LogP contribution in [0.15, 0.2) is 0 Å². The molecule has 1 aliphatic heterocycles. The fourth-order valence-corrected chi connectivity index (χ4v) is 2.84. The third-order valence-electron chi connectivity index (χ3n) is 3.98. The van der Waals surface area contributed by atoms with Gasteiger partial charge in [0.25, 0.3) is 0 Å². The Morgan fingerprint density at radius 1 is 1.18 bits per heavy atom. The summed E-state index contributed by atoms with van der Waals surface area (Å²) < 4.78 is 5.37. The Hall–Kier alpha value is -0.610. The Bertz CT molecular complexity index is 250. The SMILES string of the molecule is NC1CCCCC1CC(=O)N1CCCOCC1. The Morgan fingerprint density at radius 2 is 2.00 bits per heavy atom. The second-order valence-electron chi connectivity index (χ2n) is 5.26. The monoisotopic (exact) mass is 240 g/mol. The first-order valence-electron chi connectivity index (χ1n) is 6.88. The van der Waals surface area contributed by atoms with E-state index in [1.54, 1.807) is 0 Å². The molecule has 98 valence electrons. The van der Waals surface area contributed by atoms with Gasteiger partial charge in [0.2, 0.25) is 5.91 Å². The number of carbonyl (C=O) groups is 1. The van der Waals surface area contributed by atoms with E-state index >= 15 is 0 Å². The van der Waals surface area contributed by atoms with Gasteiger partial charge in [-0.1, -0.05) is 12.8 Å². The van der Waals surface area contributed by atoms with Gasteiger partial charge >= 0.3 is 0 Å². The van der Waals surface area contributed by atoms with Gasteiger partial charge in [0.1, 0.15) is 0 Å². The highest BCUT2D eigenvalue weighted by Crippen LogP contribution is 2.26. The lowest BCUT2D eigenvalue weighted by Gasteiger charge is -2.30.